The van der Waals surface area contributed by atoms with Crippen LogP contribution in [0.3, 0.4) is 0 Å². The molecule has 0 atom stereocenters. The number of aliphatic carboxylic acids is 1. The number of methoxy groups -OCH3 is 1. The van der Waals surface area contributed by atoms with E-state index in [0.29, 0.717) is 0 Å². The zero-order valence-corrected chi connectivity index (χ0v) is 11.9. The fraction of sp³-hybridized carbons (Fsp3) is 0.200. The quantitative estimate of drug-likeness (QED) is 0.913. The van der Waals surface area contributed by atoms with Crippen LogP contribution in [-0.4, -0.2) is 29.5 Å². The molecule has 23 heavy (non-hydrogen) atoms. The number of rotatable bonds is 5. The SMILES string of the molecule is COc1cncc(-c2ccccc2OC(F)(F)F)c1CC(=O)O. The van der Waals surface area contributed by atoms with E-state index in [4.69, 9.17) is 9.84 Å². The number of carboxylic acid groups (broad SMARTS) is 1. The lowest BCUT2D eigenvalue weighted by atomic mass is 9.98. The molecule has 1 aromatic heterocycles. The topological polar surface area (TPSA) is 68.7 Å². The minimum Gasteiger partial charge on any atom is -0.495 e. The van der Waals surface area contributed by atoms with Crippen LogP contribution in [-0.2, 0) is 11.2 Å². The van der Waals surface area contributed by atoms with E-state index in [0.717, 1.165) is 6.07 Å². The third-order valence-corrected chi connectivity index (χ3v) is 2.97. The van der Waals surface area contributed by atoms with E-state index in [1.165, 1.54) is 37.7 Å². The van der Waals surface area contributed by atoms with Gasteiger partial charge in [0.05, 0.1) is 19.7 Å². The van der Waals surface area contributed by atoms with E-state index in [9.17, 15) is 18.0 Å². The van der Waals surface area contributed by atoms with Crippen molar-refractivity contribution in [2.24, 2.45) is 0 Å². The summed E-state index contributed by atoms with van der Waals surface area (Å²) in [6.07, 6.45) is -2.72. The number of hydrogen-bond acceptors (Lipinski definition) is 4. The van der Waals surface area contributed by atoms with Crippen molar-refractivity contribution in [1.82, 2.24) is 4.98 Å². The number of carboxylic acids is 1. The van der Waals surface area contributed by atoms with Gasteiger partial charge in [-0.2, -0.15) is 0 Å². The molecule has 1 aromatic carbocycles. The Morgan fingerprint density at radius 2 is 1.87 bits per heavy atom. The fourth-order valence-corrected chi connectivity index (χ4v) is 2.11. The van der Waals surface area contributed by atoms with Crippen LogP contribution in [0.1, 0.15) is 5.56 Å². The monoisotopic (exact) mass is 327 g/mol. The van der Waals surface area contributed by atoms with E-state index < -0.39 is 24.5 Å². The van der Waals surface area contributed by atoms with Crippen LogP contribution in [0, 0.1) is 0 Å². The molecule has 0 aliphatic carbocycles. The molecule has 0 amide bonds. The summed E-state index contributed by atoms with van der Waals surface area (Å²) in [5, 5.41) is 9.03. The number of benzene rings is 1. The van der Waals surface area contributed by atoms with E-state index in [-0.39, 0.29) is 22.4 Å². The zero-order chi connectivity index (χ0) is 17.0. The summed E-state index contributed by atoms with van der Waals surface area (Å²) in [7, 11) is 1.32. The van der Waals surface area contributed by atoms with Crippen molar-refractivity contribution in [2.75, 3.05) is 7.11 Å². The Kier molecular flexibility index (Phi) is 4.73. The first kappa shape index (κ1) is 16.6. The second-order valence-electron chi connectivity index (χ2n) is 4.48. The van der Waals surface area contributed by atoms with Crippen molar-refractivity contribution in [3.8, 4) is 22.6 Å². The summed E-state index contributed by atoms with van der Waals surface area (Å²) in [5.41, 5.74) is 0.493. The van der Waals surface area contributed by atoms with Crippen molar-refractivity contribution in [3.05, 3.63) is 42.2 Å². The molecular formula is C15H12F3NO4. The molecule has 1 N–H and O–H groups in total. The third kappa shape index (κ3) is 4.12. The van der Waals surface area contributed by atoms with Gasteiger partial charge < -0.3 is 14.6 Å². The average Bonchev–Trinajstić information content (AvgIpc) is 2.46. The van der Waals surface area contributed by atoms with Crippen LogP contribution in [0.4, 0.5) is 13.2 Å². The van der Waals surface area contributed by atoms with Gasteiger partial charge in [0.15, 0.2) is 0 Å². The highest BCUT2D eigenvalue weighted by atomic mass is 19.4. The van der Waals surface area contributed by atoms with Crippen molar-refractivity contribution >= 4 is 5.97 Å². The summed E-state index contributed by atoms with van der Waals surface area (Å²) in [4.78, 5) is 14.9. The normalized spacial score (nSPS) is 11.1. The lowest BCUT2D eigenvalue weighted by molar-refractivity contribution is -0.274. The standard InChI is InChI=1S/C15H12F3NO4/c1-22-13-8-19-7-11(10(13)6-14(20)21)9-4-2-3-5-12(9)23-15(16,17)18/h2-5,7-8H,6H2,1H3,(H,20,21). The Morgan fingerprint density at radius 1 is 1.17 bits per heavy atom. The molecule has 2 aromatic rings. The predicted molar refractivity (Wildman–Crippen MR) is 74.2 cm³/mol. The second-order valence-corrected chi connectivity index (χ2v) is 4.48. The first-order chi connectivity index (χ1) is 10.8. The van der Waals surface area contributed by atoms with Gasteiger partial charge in [-0.05, 0) is 6.07 Å². The maximum atomic E-state index is 12.5. The van der Waals surface area contributed by atoms with Gasteiger partial charge in [0.1, 0.15) is 11.5 Å². The largest absolute Gasteiger partial charge is 0.573 e. The van der Waals surface area contributed by atoms with Crippen molar-refractivity contribution in [1.29, 1.82) is 0 Å². The van der Waals surface area contributed by atoms with Crippen LogP contribution in [0.5, 0.6) is 11.5 Å². The van der Waals surface area contributed by atoms with Gasteiger partial charge in [-0.1, -0.05) is 18.2 Å². The van der Waals surface area contributed by atoms with Crippen LogP contribution in [0.25, 0.3) is 11.1 Å². The number of carbonyl (C=O) groups is 1. The second kappa shape index (κ2) is 6.55. The molecule has 0 aliphatic rings. The molecule has 0 unspecified atom stereocenters. The summed E-state index contributed by atoms with van der Waals surface area (Å²) >= 11 is 0. The Bertz CT molecular complexity index is 716. The summed E-state index contributed by atoms with van der Waals surface area (Å²) in [6, 6.07) is 5.44. The van der Waals surface area contributed by atoms with Crippen molar-refractivity contribution < 1.29 is 32.5 Å². The molecule has 0 aliphatic heterocycles. The Labute approximate surface area is 129 Å². The lowest BCUT2D eigenvalue weighted by Gasteiger charge is -2.16. The maximum Gasteiger partial charge on any atom is 0.573 e. The van der Waals surface area contributed by atoms with E-state index in [1.54, 1.807) is 0 Å². The van der Waals surface area contributed by atoms with E-state index in [1.807, 2.05) is 0 Å². The fourth-order valence-electron chi connectivity index (χ4n) is 2.11. The van der Waals surface area contributed by atoms with Gasteiger partial charge in [-0.15, -0.1) is 13.2 Å². The molecule has 122 valence electrons. The van der Waals surface area contributed by atoms with Crippen LogP contribution < -0.4 is 9.47 Å². The van der Waals surface area contributed by atoms with E-state index >= 15 is 0 Å². The number of aromatic nitrogens is 1. The third-order valence-electron chi connectivity index (χ3n) is 2.97. The van der Waals surface area contributed by atoms with Crippen LogP contribution in [0.15, 0.2) is 36.7 Å². The number of para-hydroxylation sites is 1. The van der Waals surface area contributed by atoms with Crippen LogP contribution in [0.2, 0.25) is 0 Å². The number of pyridine rings is 1. The van der Waals surface area contributed by atoms with E-state index in [2.05, 4.69) is 9.72 Å². The molecule has 0 saturated heterocycles. The highest BCUT2D eigenvalue weighted by Crippen LogP contribution is 2.37. The molecule has 5 nitrogen and oxygen atoms in total. The number of alkyl halides is 3. The molecule has 0 radical (unpaired) electrons. The lowest BCUT2D eigenvalue weighted by Crippen LogP contribution is -2.17. The zero-order valence-electron chi connectivity index (χ0n) is 11.9. The average molecular weight is 327 g/mol. The molecular weight excluding hydrogens is 315 g/mol. The van der Waals surface area contributed by atoms with Gasteiger partial charge in [0, 0.05) is 22.9 Å². The summed E-state index contributed by atoms with van der Waals surface area (Å²) in [5.74, 6) is -1.42. The minimum absolute atomic E-state index is 0.0764. The Morgan fingerprint density at radius 3 is 2.48 bits per heavy atom. The van der Waals surface area contributed by atoms with Gasteiger partial charge in [0.2, 0.25) is 0 Å². The molecule has 8 heteroatoms. The van der Waals surface area contributed by atoms with Gasteiger partial charge in [-0.3, -0.25) is 9.78 Å². The Balaban J connectivity index is 2.60. The molecule has 1 heterocycles. The number of halogens is 3. The first-order valence-corrected chi connectivity index (χ1v) is 6.39. The maximum absolute atomic E-state index is 12.5. The van der Waals surface area contributed by atoms with Gasteiger partial charge in [0.25, 0.3) is 0 Å². The molecule has 0 spiro atoms. The smallest absolute Gasteiger partial charge is 0.495 e. The predicted octanol–water partition coefficient (Wildman–Crippen LogP) is 3.28. The highest BCUT2D eigenvalue weighted by Gasteiger charge is 2.32. The highest BCUT2D eigenvalue weighted by molar-refractivity contribution is 5.80. The van der Waals surface area contributed by atoms with Crippen molar-refractivity contribution in [2.45, 2.75) is 12.8 Å². The number of ether oxygens (including phenoxy) is 2. The number of nitrogens with zero attached hydrogens (tertiary/aromatic N) is 1. The Hall–Kier alpha value is -2.77. The molecule has 0 bridgehead atoms. The summed E-state index contributed by atoms with van der Waals surface area (Å²) < 4.78 is 46.7. The summed E-state index contributed by atoms with van der Waals surface area (Å²) in [6.45, 7) is 0. The molecule has 2 rings (SSSR count). The van der Waals surface area contributed by atoms with Gasteiger partial charge >= 0.3 is 12.3 Å². The van der Waals surface area contributed by atoms with Crippen LogP contribution >= 0.6 is 0 Å². The minimum atomic E-state index is -4.87. The molecule has 0 fully saturated rings. The number of hydrogen-bond donors (Lipinski definition) is 1. The molecule has 0 saturated carbocycles. The van der Waals surface area contributed by atoms with Gasteiger partial charge in [-0.25, -0.2) is 0 Å². The first-order valence-electron chi connectivity index (χ1n) is 6.39. The van der Waals surface area contributed by atoms with Crippen molar-refractivity contribution in [3.63, 3.8) is 0 Å².